The number of anilines is 1. The maximum absolute atomic E-state index is 12.3. The Morgan fingerprint density at radius 1 is 1.13 bits per heavy atom. The molecule has 1 saturated carbocycles. The number of nitrogens with zero attached hydrogens (tertiary/aromatic N) is 2. The van der Waals surface area contributed by atoms with Gasteiger partial charge < -0.3 is 24.8 Å². The molecule has 0 bridgehead atoms. The van der Waals surface area contributed by atoms with E-state index in [1.54, 1.807) is 24.4 Å². The van der Waals surface area contributed by atoms with Crippen molar-refractivity contribution in [3.8, 4) is 17.2 Å². The van der Waals surface area contributed by atoms with E-state index in [2.05, 4.69) is 15.7 Å². The topological polar surface area (TPSA) is 104 Å². The molecule has 1 aromatic carbocycles. The van der Waals surface area contributed by atoms with Crippen LogP contribution in [-0.2, 0) is 16.1 Å². The van der Waals surface area contributed by atoms with Crippen LogP contribution in [0.15, 0.2) is 30.6 Å². The third-order valence-electron chi connectivity index (χ3n) is 5.04. The van der Waals surface area contributed by atoms with Gasteiger partial charge in [0.2, 0.25) is 17.6 Å². The van der Waals surface area contributed by atoms with Crippen LogP contribution in [0.4, 0.5) is 5.69 Å². The second-order valence-electron chi connectivity index (χ2n) is 7.26. The van der Waals surface area contributed by atoms with Gasteiger partial charge in [0.1, 0.15) is 6.54 Å². The molecular weight excluding hydrogens is 400 g/mol. The number of methoxy groups -OCH3 is 3. The lowest BCUT2D eigenvalue weighted by atomic mass is 10.1. The van der Waals surface area contributed by atoms with E-state index in [4.69, 9.17) is 14.2 Å². The zero-order chi connectivity index (χ0) is 22.2. The number of ether oxygens (including phenoxy) is 3. The fourth-order valence-corrected chi connectivity index (χ4v) is 3.56. The Morgan fingerprint density at radius 2 is 1.81 bits per heavy atom. The first-order chi connectivity index (χ1) is 15.0. The highest BCUT2D eigenvalue weighted by Crippen LogP contribution is 2.38. The molecule has 0 saturated heterocycles. The van der Waals surface area contributed by atoms with Gasteiger partial charge in [0, 0.05) is 18.3 Å². The highest BCUT2D eigenvalue weighted by Gasteiger charge is 2.17. The first kappa shape index (κ1) is 22.2. The van der Waals surface area contributed by atoms with Crippen molar-refractivity contribution < 1.29 is 23.8 Å². The monoisotopic (exact) mass is 428 g/mol. The largest absolute Gasteiger partial charge is 0.493 e. The van der Waals surface area contributed by atoms with Crippen molar-refractivity contribution in [2.75, 3.05) is 26.6 Å². The minimum absolute atomic E-state index is 0.0739. The third-order valence-corrected chi connectivity index (χ3v) is 5.04. The zero-order valence-corrected chi connectivity index (χ0v) is 18.0. The number of carbonyl (C=O) groups is 2. The molecule has 1 aromatic heterocycles. The van der Waals surface area contributed by atoms with Crippen molar-refractivity contribution in [2.24, 2.45) is 0 Å². The van der Waals surface area contributed by atoms with Gasteiger partial charge >= 0.3 is 0 Å². The standard InChI is InChI=1S/C22H28N4O5/c1-29-18-10-15(11-19(30-2)22(18)31-3)8-9-20(27)25-17-12-23-26(13-17)14-21(28)24-16-6-4-5-7-16/h8-13,16H,4-7,14H2,1-3H3,(H,24,28)(H,25,27)/b9-8+. The van der Waals surface area contributed by atoms with Crippen LogP contribution in [0.5, 0.6) is 17.2 Å². The molecule has 1 fully saturated rings. The van der Waals surface area contributed by atoms with E-state index in [1.165, 1.54) is 38.3 Å². The fraction of sp³-hybridized carbons (Fsp3) is 0.409. The van der Waals surface area contributed by atoms with Gasteiger partial charge in [-0.1, -0.05) is 12.8 Å². The van der Waals surface area contributed by atoms with Gasteiger partial charge in [0.05, 0.1) is 33.2 Å². The van der Waals surface area contributed by atoms with E-state index in [0.717, 1.165) is 25.7 Å². The summed E-state index contributed by atoms with van der Waals surface area (Å²) in [4.78, 5) is 24.4. The van der Waals surface area contributed by atoms with Gasteiger partial charge in [0.15, 0.2) is 11.5 Å². The molecule has 0 unspecified atom stereocenters. The highest BCUT2D eigenvalue weighted by atomic mass is 16.5. The summed E-state index contributed by atoms with van der Waals surface area (Å²) >= 11 is 0. The Morgan fingerprint density at radius 3 is 2.42 bits per heavy atom. The zero-order valence-electron chi connectivity index (χ0n) is 18.0. The Balaban J connectivity index is 1.57. The van der Waals surface area contributed by atoms with E-state index >= 15 is 0 Å². The normalized spacial score (nSPS) is 13.9. The average Bonchev–Trinajstić information content (AvgIpc) is 3.43. The van der Waals surface area contributed by atoms with Crippen molar-refractivity contribution in [1.29, 1.82) is 0 Å². The lowest BCUT2D eigenvalue weighted by Crippen LogP contribution is -2.35. The maximum atomic E-state index is 12.3. The second-order valence-corrected chi connectivity index (χ2v) is 7.26. The van der Waals surface area contributed by atoms with E-state index in [1.807, 2.05) is 0 Å². The van der Waals surface area contributed by atoms with Crippen molar-refractivity contribution in [1.82, 2.24) is 15.1 Å². The summed E-state index contributed by atoms with van der Waals surface area (Å²) in [5, 5.41) is 9.88. The summed E-state index contributed by atoms with van der Waals surface area (Å²) in [5.41, 5.74) is 1.22. The first-order valence-corrected chi connectivity index (χ1v) is 10.1. The molecule has 0 radical (unpaired) electrons. The summed E-state index contributed by atoms with van der Waals surface area (Å²) in [5.74, 6) is 1.08. The van der Waals surface area contributed by atoms with Gasteiger partial charge in [-0.25, -0.2) is 0 Å². The second kappa shape index (κ2) is 10.5. The van der Waals surface area contributed by atoms with E-state index in [9.17, 15) is 9.59 Å². The fourth-order valence-electron chi connectivity index (χ4n) is 3.56. The summed E-state index contributed by atoms with van der Waals surface area (Å²) in [6.07, 6.45) is 10.5. The predicted molar refractivity (Wildman–Crippen MR) is 116 cm³/mol. The summed E-state index contributed by atoms with van der Waals surface area (Å²) in [6, 6.07) is 3.75. The van der Waals surface area contributed by atoms with Crippen molar-refractivity contribution in [3.05, 3.63) is 36.2 Å². The van der Waals surface area contributed by atoms with Crippen LogP contribution in [0.2, 0.25) is 0 Å². The average molecular weight is 428 g/mol. The summed E-state index contributed by atoms with van der Waals surface area (Å²) in [6.45, 7) is 0.119. The summed E-state index contributed by atoms with van der Waals surface area (Å²) < 4.78 is 17.4. The van der Waals surface area contributed by atoms with Crippen molar-refractivity contribution in [3.63, 3.8) is 0 Å². The molecule has 1 aliphatic carbocycles. The molecule has 0 aliphatic heterocycles. The maximum Gasteiger partial charge on any atom is 0.248 e. The molecule has 2 amide bonds. The molecule has 9 nitrogen and oxygen atoms in total. The minimum atomic E-state index is -0.330. The number of aromatic nitrogens is 2. The molecule has 1 aliphatic rings. The van der Waals surface area contributed by atoms with Crippen LogP contribution in [0.1, 0.15) is 31.2 Å². The quantitative estimate of drug-likeness (QED) is 0.595. The van der Waals surface area contributed by atoms with Crippen molar-refractivity contribution in [2.45, 2.75) is 38.3 Å². The number of amides is 2. The molecule has 31 heavy (non-hydrogen) atoms. The molecule has 3 rings (SSSR count). The SMILES string of the molecule is COc1cc(/C=C/C(=O)Nc2cnn(CC(=O)NC3CCCC3)c2)cc(OC)c1OC. The number of benzene rings is 1. The smallest absolute Gasteiger partial charge is 0.248 e. The molecule has 166 valence electrons. The van der Waals surface area contributed by atoms with Crippen LogP contribution in [0.3, 0.4) is 0 Å². The first-order valence-electron chi connectivity index (χ1n) is 10.1. The Bertz CT molecular complexity index is 922. The molecule has 2 N–H and O–H groups in total. The Hall–Kier alpha value is -3.49. The van der Waals surface area contributed by atoms with E-state index in [-0.39, 0.29) is 24.4 Å². The van der Waals surface area contributed by atoms with Crippen molar-refractivity contribution >= 4 is 23.6 Å². The van der Waals surface area contributed by atoms with Crippen LogP contribution in [0.25, 0.3) is 6.08 Å². The van der Waals surface area contributed by atoms with Gasteiger partial charge in [-0.2, -0.15) is 5.10 Å². The lowest BCUT2D eigenvalue weighted by Gasteiger charge is -2.12. The number of nitrogens with one attached hydrogen (secondary N) is 2. The van der Waals surface area contributed by atoms with Crippen LogP contribution < -0.4 is 24.8 Å². The molecule has 1 heterocycles. The van der Waals surface area contributed by atoms with Gasteiger partial charge in [0.25, 0.3) is 0 Å². The molecule has 2 aromatic rings. The molecule has 0 spiro atoms. The summed E-state index contributed by atoms with van der Waals surface area (Å²) in [7, 11) is 4.59. The van der Waals surface area contributed by atoms with E-state index in [0.29, 0.717) is 28.5 Å². The number of hydrogen-bond donors (Lipinski definition) is 2. The predicted octanol–water partition coefficient (Wildman–Crippen LogP) is 2.62. The Kier molecular flexibility index (Phi) is 7.53. The van der Waals surface area contributed by atoms with E-state index < -0.39 is 0 Å². The number of carbonyl (C=O) groups excluding carboxylic acids is 2. The van der Waals surface area contributed by atoms with Crippen LogP contribution in [0, 0.1) is 0 Å². The highest BCUT2D eigenvalue weighted by molar-refractivity contribution is 6.01. The lowest BCUT2D eigenvalue weighted by molar-refractivity contribution is -0.122. The molecular formula is C22H28N4O5. The molecule has 9 heteroatoms. The Labute approximate surface area is 181 Å². The van der Waals surface area contributed by atoms with Gasteiger partial charge in [-0.15, -0.1) is 0 Å². The number of rotatable bonds is 9. The third kappa shape index (κ3) is 6.00. The number of hydrogen-bond acceptors (Lipinski definition) is 6. The van der Waals surface area contributed by atoms with Gasteiger partial charge in [-0.3, -0.25) is 14.3 Å². The van der Waals surface area contributed by atoms with Crippen LogP contribution >= 0.6 is 0 Å². The van der Waals surface area contributed by atoms with Crippen LogP contribution in [-0.4, -0.2) is 49.0 Å². The minimum Gasteiger partial charge on any atom is -0.493 e. The molecule has 0 atom stereocenters. The van der Waals surface area contributed by atoms with Gasteiger partial charge in [-0.05, 0) is 36.6 Å².